The second-order valence-corrected chi connectivity index (χ2v) is 3.65. The molecule has 1 heterocycles. The molecule has 2 aromatic rings. The summed E-state index contributed by atoms with van der Waals surface area (Å²) in [5.74, 6) is 5.70. The van der Waals surface area contributed by atoms with E-state index in [4.69, 9.17) is 5.11 Å². The van der Waals surface area contributed by atoms with E-state index in [0.717, 1.165) is 5.56 Å². The van der Waals surface area contributed by atoms with Crippen LogP contribution >= 0.6 is 0 Å². The fraction of sp³-hybridized carbons (Fsp3) is 0.154. The Balaban J connectivity index is 1.95. The number of aliphatic hydroxyl groups is 1. The van der Waals surface area contributed by atoms with Crippen molar-refractivity contribution in [2.75, 3.05) is 6.61 Å². The monoisotopic (exact) mass is 256 g/mol. The van der Waals surface area contributed by atoms with Gasteiger partial charge in [-0.1, -0.05) is 11.8 Å². The molecule has 0 aliphatic carbocycles. The summed E-state index contributed by atoms with van der Waals surface area (Å²) in [7, 11) is 0. The third-order valence-corrected chi connectivity index (χ3v) is 2.34. The molecule has 1 aromatic heterocycles. The minimum absolute atomic E-state index is 0.181. The van der Waals surface area contributed by atoms with Crippen molar-refractivity contribution in [1.29, 1.82) is 0 Å². The molecule has 6 nitrogen and oxygen atoms in total. The molecule has 1 aromatic carbocycles. The van der Waals surface area contributed by atoms with Gasteiger partial charge in [0.25, 0.3) is 5.91 Å². The number of rotatable bonds is 3. The summed E-state index contributed by atoms with van der Waals surface area (Å²) in [5, 5.41) is 17.6. The summed E-state index contributed by atoms with van der Waals surface area (Å²) in [4.78, 5) is 15.7. The molecule has 0 aliphatic heterocycles. The van der Waals surface area contributed by atoms with Crippen molar-refractivity contribution in [3.8, 4) is 11.8 Å². The van der Waals surface area contributed by atoms with Gasteiger partial charge in [-0.25, -0.2) is 4.98 Å². The highest BCUT2D eigenvalue weighted by molar-refractivity contribution is 5.94. The number of aliphatic hydroxyl groups excluding tert-OH is 1. The molecule has 96 valence electrons. The summed E-state index contributed by atoms with van der Waals surface area (Å²) in [6.45, 7) is 0.115. The molecule has 6 heteroatoms. The molecule has 0 saturated heterocycles. The molecule has 1 amide bonds. The van der Waals surface area contributed by atoms with Crippen LogP contribution in [0, 0.1) is 11.8 Å². The smallest absolute Gasteiger partial charge is 0.251 e. The van der Waals surface area contributed by atoms with Crippen molar-refractivity contribution in [2.24, 2.45) is 0 Å². The zero-order valence-corrected chi connectivity index (χ0v) is 10.1. The number of nitrogens with zero attached hydrogens (tertiary/aromatic N) is 2. The van der Waals surface area contributed by atoms with E-state index in [-0.39, 0.29) is 12.5 Å². The molecular weight excluding hydrogens is 244 g/mol. The van der Waals surface area contributed by atoms with Gasteiger partial charge in [-0.05, 0) is 24.3 Å². The maximum atomic E-state index is 11.8. The van der Waals surface area contributed by atoms with E-state index >= 15 is 0 Å². The lowest BCUT2D eigenvalue weighted by molar-refractivity contribution is 0.0950. The molecule has 19 heavy (non-hydrogen) atoms. The molecular formula is C13H12N4O2. The number of H-pyrrole nitrogens is 1. The third kappa shape index (κ3) is 3.66. The highest BCUT2D eigenvalue weighted by Gasteiger charge is 2.05. The summed E-state index contributed by atoms with van der Waals surface area (Å²) < 4.78 is 0. The van der Waals surface area contributed by atoms with E-state index in [1.54, 1.807) is 24.3 Å². The second kappa shape index (κ2) is 6.33. The zero-order chi connectivity index (χ0) is 13.5. The van der Waals surface area contributed by atoms with Crippen molar-refractivity contribution in [2.45, 2.75) is 6.54 Å². The molecule has 0 fully saturated rings. The van der Waals surface area contributed by atoms with Gasteiger partial charge >= 0.3 is 0 Å². The molecule has 0 aliphatic rings. The van der Waals surface area contributed by atoms with Crippen molar-refractivity contribution in [3.63, 3.8) is 0 Å². The maximum Gasteiger partial charge on any atom is 0.251 e. The Morgan fingerprint density at radius 3 is 2.79 bits per heavy atom. The quantitative estimate of drug-likeness (QED) is 0.678. The predicted molar refractivity (Wildman–Crippen MR) is 68.0 cm³/mol. The summed E-state index contributed by atoms with van der Waals surface area (Å²) in [6.07, 6.45) is 1.39. The SMILES string of the molecule is O=C(NCc1ncn[nH]1)c1ccc(C#CCO)cc1. The highest BCUT2D eigenvalue weighted by Crippen LogP contribution is 2.03. The lowest BCUT2D eigenvalue weighted by Crippen LogP contribution is -2.23. The fourth-order valence-electron chi connectivity index (χ4n) is 1.43. The number of hydrogen-bond donors (Lipinski definition) is 3. The Labute approximate surface area is 109 Å². The summed E-state index contributed by atoms with van der Waals surface area (Å²) >= 11 is 0. The van der Waals surface area contributed by atoms with E-state index in [9.17, 15) is 4.79 Å². The van der Waals surface area contributed by atoms with Crippen LogP contribution < -0.4 is 5.32 Å². The number of aromatic amines is 1. The van der Waals surface area contributed by atoms with Crippen molar-refractivity contribution < 1.29 is 9.90 Å². The van der Waals surface area contributed by atoms with Crippen molar-refractivity contribution in [1.82, 2.24) is 20.5 Å². The van der Waals surface area contributed by atoms with Crippen LogP contribution in [-0.2, 0) is 6.54 Å². The van der Waals surface area contributed by atoms with Crippen LogP contribution in [0.15, 0.2) is 30.6 Å². The Morgan fingerprint density at radius 2 is 2.16 bits per heavy atom. The average molecular weight is 256 g/mol. The van der Waals surface area contributed by atoms with Crippen LogP contribution in [0.25, 0.3) is 0 Å². The summed E-state index contributed by atoms with van der Waals surface area (Å²) in [6, 6.07) is 6.81. The lowest BCUT2D eigenvalue weighted by atomic mass is 10.1. The van der Waals surface area contributed by atoms with Crippen LogP contribution in [0.4, 0.5) is 0 Å². The van der Waals surface area contributed by atoms with Gasteiger partial charge in [-0.3, -0.25) is 9.89 Å². The maximum absolute atomic E-state index is 11.8. The Kier molecular flexibility index (Phi) is 4.26. The van der Waals surface area contributed by atoms with Gasteiger partial charge in [0.1, 0.15) is 18.8 Å². The molecule has 0 radical (unpaired) electrons. The molecule has 2 rings (SSSR count). The largest absolute Gasteiger partial charge is 0.384 e. The van der Waals surface area contributed by atoms with Gasteiger partial charge < -0.3 is 10.4 Å². The minimum Gasteiger partial charge on any atom is -0.384 e. The highest BCUT2D eigenvalue weighted by atomic mass is 16.2. The Hall–Kier alpha value is -2.65. The summed E-state index contributed by atoms with van der Waals surface area (Å²) in [5.41, 5.74) is 1.29. The van der Waals surface area contributed by atoms with Gasteiger partial charge in [0, 0.05) is 11.1 Å². The molecule has 0 unspecified atom stereocenters. The number of hydrogen-bond acceptors (Lipinski definition) is 4. The normalized spacial score (nSPS) is 9.53. The Bertz CT molecular complexity index is 594. The fourth-order valence-corrected chi connectivity index (χ4v) is 1.43. The average Bonchev–Trinajstić information content (AvgIpc) is 2.96. The first-order valence-corrected chi connectivity index (χ1v) is 5.62. The van der Waals surface area contributed by atoms with E-state index in [2.05, 4.69) is 32.3 Å². The molecule has 0 saturated carbocycles. The van der Waals surface area contributed by atoms with Gasteiger partial charge in [0.15, 0.2) is 0 Å². The second-order valence-electron chi connectivity index (χ2n) is 3.65. The van der Waals surface area contributed by atoms with E-state index in [1.807, 2.05) is 0 Å². The van der Waals surface area contributed by atoms with E-state index in [1.165, 1.54) is 6.33 Å². The Morgan fingerprint density at radius 1 is 1.37 bits per heavy atom. The number of aromatic nitrogens is 3. The lowest BCUT2D eigenvalue weighted by Gasteiger charge is -2.03. The van der Waals surface area contributed by atoms with E-state index in [0.29, 0.717) is 17.9 Å². The molecule has 0 atom stereocenters. The van der Waals surface area contributed by atoms with Gasteiger partial charge in [-0.15, -0.1) is 0 Å². The third-order valence-electron chi connectivity index (χ3n) is 2.34. The van der Waals surface area contributed by atoms with Crippen molar-refractivity contribution in [3.05, 3.63) is 47.5 Å². The standard InChI is InChI=1S/C13H12N4O2/c18-7-1-2-10-3-5-11(6-4-10)13(19)14-8-12-15-9-16-17-12/h3-6,9,18H,7-8H2,(H,14,19)(H,15,16,17). The molecule has 0 spiro atoms. The molecule has 3 N–H and O–H groups in total. The number of carbonyl (C=O) groups excluding carboxylic acids is 1. The van der Waals surface area contributed by atoms with Crippen molar-refractivity contribution >= 4 is 5.91 Å². The van der Waals surface area contributed by atoms with Crippen LogP contribution in [-0.4, -0.2) is 32.8 Å². The number of carbonyl (C=O) groups is 1. The zero-order valence-electron chi connectivity index (χ0n) is 10.1. The first-order chi connectivity index (χ1) is 9.29. The topological polar surface area (TPSA) is 90.9 Å². The number of nitrogens with one attached hydrogen (secondary N) is 2. The van der Waals surface area contributed by atoms with Crippen LogP contribution in [0.2, 0.25) is 0 Å². The first kappa shape index (κ1) is 12.8. The van der Waals surface area contributed by atoms with Gasteiger partial charge in [0.2, 0.25) is 0 Å². The van der Waals surface area contributed by atoms with E-state index < -0.39 is 0 Å². The molecule has 0 bridgehead atoms. The minimum atomic E-state index is -0.196. The first-order valence-electron chi connectivity index (χ1n) is 5.62. The number of benzene rings is 1. The predicted octanol–water partition coefficient (Wildman–Crippen LogP) is 0.0785. The number of amides is 1. The van der Waals surface area contributed by atoms with Gasteiger partial charge in [0.05, 0.1) is 6.54 Å². The van der Waals surface area contributed by atoms with Crippen LogP contribution in [0.5, 0.6) is 0 Å². The van der Waals surface area contributed by atoms with Crippen LogP contribution in [0.3, 0.4) is 0 Å². The van der Waals surface area contributed by atoms with Crippen LogP contribution in [0.1, 0.15) is 21.7 Å². The van der Waals surface area contributed by atoms with Gasteiger partial charge in [-0.2, -0.15) is 5.10 Å².